The molecule has 1 aromatic carbocycles. The van der Waals surface area contributed by atoms with Gasteiger partial charge in [0.05, 0.1) is 5.92 Å². The normalized spacial score (nSPS) is 25.3. The van der Waals surface area contributed by atoms with E-state index in [1.54, 1.807) is 0 Å². The van der Waals surface area contributed by atoms with Crippen LogP contribution in [0.3, 0.4) is 0 Å². The summed E-state index contributed by atoms with van der Waals surface area (Å²) in [6.45, 7) is 2.68. The molecule has 1 heterocycles. The number of hydrogen-bond acceptors (Lipinski definition) is 2. The van der Waals surface area contributed by atoms with Gasteiger partial charge in [-0.25, -0.2) is 0 Å². The van der Waals surface area contributed by atoms with Gasteiger partial charge in [0, 0.05) is 19.0 Å². The summed E-state index contributed by atoms with van der Waals surface area (Å²) in [6, 6.07) is 9.65. The molecule has 2 N–H and O–H groups in total. The van der Waals surface area contributed by atoms with Crippen molar-refractivity contribution >= 4 is 11.8 Å². The zero-order chi connectivity index (χ0) is 15.8. The maximum Gasteiger partial charge on any atom is 0.228 e. The molecular formula is C18H24N2O2. The van der Waals surface area contributed by atoms with Gasteiger partial charge in [-0.2, -0.15) is 0 Å². The van der Waals surface area contributed by atoms with Crippen LogP contribution in [0.1, 0.15) is 44.1 Å². The predicted molar refractivity (Wildman–Crippen MR) is 87.4 cm³/mol. The first-order valence-electron chi connectivity index (χ1n) is 7.97. The Bertz CT molecular complexity index is 525. The summed E-state index contributed by atoms with van der Waals surface area (Å²) in [5, 5.41) is 5.96. The Morgan fingerprint density at radius 1 is 1.14 bits per heavy atom. The fourth-order valence-corrected chi connectivity index (χ4v) is 2.61. The van der Waals surface area contributed by atoms with Gasteiger partial charge in [0.15, 0.2) is 0 Å². The number of amides is 2. The summed E-state index contributed by atoms with van der Waals surface area (Å²) in [7, 11) is 0. The minimum absolute atomic E-state index is 0.0674. The molecule has 0 saturated carbocycles. The Hall–Kier alpha value is -2.10. The second-order valence-corrected chi connectivity index (χ2v) is 5.63. The van der Waals surface area contributed by atoms with Crippen LogP contribution in [0.25, 0.3) is 0 Å². The third-order valence-electron chi connectivity index (χ3n) is 3.97. The maximum atomic E-state index is 12.6. The average molecular weight is 300 g/mol. The molecule has 0 spiro atoms. The number of nitrogens with one attached hydrogen (secondary N) is 2. The Kier molecular flexibility index (Phi) is 6.19. The number of carbonyl (C=O) groups is 2. The lowest BCUT2D eigenvalue weighted by atomic mass is 9.93. The van der Waals surface area contributed by atoms with Gasteiger partial charge in [-0.15, -0.1) is 0 Å². The molecule has 2 amide bonds. The summed E-state index contributed by atoms with van der Waals surface area (Å²) in [5.41, 5.74) is 0.887. The van der Waals surface area contributed by atoms with Gasteiger partial charge in [-0.3, -0.25) is 9.59 Å². The van der Waals surface area contributed by atoms with Crippen molar-refractivity contribution in [2.24, 2.45) is 0 Å². The standard InChI is InChI=1S/C18H24N2O2/c1-2-15-11-7-4-8-12-19-17(21)13-16(18(22)20-15)14-9-5-3-6-10-14/h3-7,9-10,15-16H,2,8,11-13H2,1H3,(H,19,21)(H,20,22)/b7-4-/t15-,16+/m0/s1. The molecule has 0 fully saturated rings. The predicted octanol–water partition coefficient (Wildman–Crippen LogP) is 2.52. The average Bonchev–Trinajstić information content (AvgIpc) is 2.54. The van der Waals surface area contributed by atoms with Crippen molar-refractivity contribution in [2.75, 3.05) is 6.54 Å². The molecule has 0 unspecified atom stereocenters. The van der Waals surface area contributed by atoms with Crippen LogP contribution >= 0.6 is 0 Å². The highest BCUT2D eigenvalue weighted by Crippen LogP contribution is 2.20. The van der Waals surface area contributed by atoms with E-state index in [1.165, 1.54) is 0 Å². The molecule has 2 rings (SSSR count). The summed E-state index contributed by atoms with van der Waals surface area (Å²) < 4.78 is 0. The number of benzene rings is 1. The topological polar surface area (TPSA) is 58.2 Å². The highest BCUT2D eigenvalue weighted by molar-refractivity contribution is 5.89. The van der Waals surface area contributed by atoms with Crippen LogP contribution in [0.5, 0.6) is 0 Å². The molecule has 0 aromatic heterocycles. The lowest BCUT2D eigenvalue weighted by molar-refractivity contribution is -0.128. The quantitative estimate of drug-likeness (QED) is 0.825. The Morgan fingerprint density at radius 3 is 2.64 bits per heavy atom. The molecule has 118 valence electrons. The van der Waals surface area contributed by atoms with Crippen molar-refractivity contribution < 1.29 is 9.59 Å². The molecule has 1 aliphatic heterocycles. The first-order chi connectivity index (χ1) is 10.7. The van der Waals surface area contributed by atoms with E-state index in [4.69, 9.17) is 0 Å². The molecule has 4 nitrogen and oxygen atoms in total. The summed E-state index contributed by atoms with van der Waals surface area (Å²) in [6.07, 6.45) is 6.87. The lowest BCUT2D eigenvalue weighted by Crippen LogP contribution is -2.39. The molecule has 0 radical (unpaired) electrons. The molecule has 1 aliphatic rings. The van der Waals surface area contributed by atoms with E-state index in [2.05, 4.69) is 29.7 Å². The Labute approximate surface area is 132 Å². The molecule has 22 heavy (non-hydrogen) atoms. The molecule has 0 saturated heterocycles. The van der Waals surface area contributed by atoms with Gasteiger partial charge >= 0.3 is 0 Å². The zero-order valence-electron chi connectivity index (χ0n) is 13.0. The first-order valence-corrected chi connectivity index (χ1v) is 7.97. The minimum Gasteiger partial charge on any atom is -0.356 e. The molecule has 2 atom stereocenters. The third-order valence-corrected chi connectivity index (χ3v) is 3.97. The van der Waals surface area contributed by atoms with E-state index < -0.39 is 5.92 Å². The van der Waals surface area contributed by atoms with Crippen molar-refractivity contribution in [1.82, 2.24) is 10.6 Å². The fourth-order valence-electron chi connectivity index (χ4n) is 2.61. The van der Waals surface area contributed by atoms with Crippen molar-refractivity contribution in [1.29, 1.82) is 0 Å². The highest BCUT2D eigenvalue weighted by atomic mass is 16.2. The molecule has 0 aliphatic carbocycles. The van der Waals surface area contributed by atoms with E-state index in [0.717, 1.165) is 24.8 Å². The third kappa shape index (κ3) is 4.72. The van der Waals surface area contributed by atoms with E-state index in [0.29, 0.717) is 6.54 Å². The van der Waals surface area contributed by atoms with Crippen molar-refractivity contribution in [2.45, 2.75) is 44.6 Å². The Balaban J connectivity index is 2.21. The number of carbonyl (C=O) groups excluding carboxylic acids is 2. The second-order valence-electron chi connectivity index (χ2n) is 5.63. The molecule has 4 heteroatoms. The molecule has 0 bridgehead atoms. The second kappa shape index (κ2) is 8.37. The highest BCUT2D eigenvalue weighted by Gasteiger charge is 2.25. The van der Waals surface area contributed by atoms with E-state index in [-0.39, 0.29) is 24.3 Å². The van der Waals surface area contributed by atoms with E-state index in [1.807, 2.05) is 30.3 Å². The SMILES string of the molecule is CC[C@H]1C/C=C\CCNC(=O)C[C@H](c2ccccc2)C(=O)N1. The molecular weight excluding hydrogens is 276 g/mol. The van der Waals surface area contributed by atoms with Crippen LogP contribution in [0.4, 0.5) is 0 Å². The smallest absolute Gasteiger partial charge is 0.228 e. The van der Waals surface area contributed by atoms with Gasteiger partial charge in [-0.1, -0.05) is 49.4 Å². The van der Waals surface area contributed by atoms with Crippen LogP contribution in [-0.2, 0) is 9.59 Å². The largest absolute Gasteiger partial charge is 0.356 e. The fraction of sp³-hybridized carbons (Fsp3) is 0.444. The number of rotatable bonds is 2. The van der Waals surface area contributed by atoms with Gasteiger partial charge in [-0.05, 0) is 24.8 Å². The summed E-state index contributed by atoms with van der Waals surface area (Å²) >= 11 is 0. The number of hydrogen-bond donors (Lipinski definition) is 2. The van der Waals surface area contributed by atoms with Gasteiger partial charge in [0.1, 0.15) is 0 Å². The first kappa shape index (κ1) is 16.3. The van der Waals surface area contributed by atoms with Gasteiger partial charge in [0.25, 0.3) is 0 Å². The van der Waals surface area contributed by atoms with E-state index >= 15 is 0 Å². The van der Waals surface area contributed by atoms with Crippen LogP contribution in [0, 0.1) is 0 Å². The van der Waals surface area contributed by atoms with Gasteiger partial charge in [0.2, 0.25) is 11.8 Å². The summed E-state index contributed by atoms with van der Waals surface area (Å²) in [4.78, 5) is 24.7. The zero-order valence-corrected chi connectivity index (χ0v) is 13.0. The Morgan fingerprint density at radius 2 is 1.91 bits per heavy atom. The van der Waals surface area contributed by atoms with Crippen LogP contribution in [-0.4, -0.2) is 24.4 Å². The maximum absolute atomic E-state index is 12.6. The van der Waals surface area contributed by atoms with Crippen LogP contribution < -0.4 is 10.6 Å². The lowest BCUT2D eigenvalue weighted by Gasteiger charge is -2.22. The minimum atomic E-state index is -0.432. The van der Waals surface area contributed by atoms with Crippen molar-refractivity contribution in [3.05, 3.63) is 48.0 Å². The van der Waals surface area contributed by atoms with E-state index in [9.17, 15) is 9.59 Å². The monoisotopic (exact) mass is 300 g/mol. The van der Waals surface area contributed by atoms with Crippen molar-refractivity contribution in [3.63, 3.8) is 0 Å². The van der Waals surface area contributed by atoms with Crippen LogP contribution in [0.15, 0.2) is 42.5 Å². The molecule has 1 aromatic rings. The van der Waals surface area contributed by atoms with Crippen LogP contribution in [0.2, 0.25) is 0 Å². The van der Waals surface area contributed by atoms with Gasteiger partial charge < -0.3 is 10.6 Å². The van der Waals surface area contributed by atoms with Crippen molar-refractivity contribution in [3.8, 4) is 0 Å². The summed E-state index contributed by atoms with van der Waals surface area (Å²) in [5.74, 6) is -0.577.